The number of rotatable bonds is 4. The van der Waals surface area contributed by atoms with Gasteiger partial charge in [-0.3, -0.25) is 0 Å². The second-order valence-electron chi connectivity index (χ2n) is 4.47. The van der Waals surface area contributed by atoms with Crippen LogP contribution in [0.1, 0.15) is 24.2 Å². The maximum atomic E-state index is 9.60. The number of nitriles is 1. The van der Waals surface area contributed by atoms with Gasteiger partial charge in [-0.2, -0.15) is 5.26 Å². The van der Waals surface area contributed by atoms with E-state index in [1.54, 1.807) is 43.3 Å². The van der Waals surface area contributed by atoms with Crippen molar-refractivity contribution >= 4 is 15.9 Å². The molecule has 0 aliphatic carbocycles. The van der Waals surface area contributed by atoms with Gasteiger partial charge in [-0.25, -0.2) is 0 Å². The summed E-state index contributed by atoms with van der Waals surface area (Å²) in [5.41, 5.74) is 1.25. The highest BCUT2D eigenvalue weighted by molar-refractivity contribution is 9.10. The molecule has 1 atom stereocenters. The van der Waals surface area contributed by atoms with Crippen molar-refractivity contribution < 1.29 is 14.6 Å². The molecule has 0 radical (unpaired) electrons. The van der Waals surface area contributed by atoms with E-state index < -0.39 is 6.10 Å². The average Bonchev–Trinajstić information content (AvgIpc) is 2.46. The molecule has 0 aromatic heterocycles. The lowest BCUT2D eigenvalue weighted by Crippen LogP contribution is -1.94. The Hall–Kier alpha value is -2.03. The fourth-order valence-electron chi connectivity index (χ4n) is 1.86. The lowest BCUT2D eigenvalue weighted by molar-refractivity contribution is 0.198. The van der Waals surface area contributed by atoms with Gasteiger partial charge in [0.15, 0.2) is 0 Å². The summed E-state index contributed by atoms with van der Waals surface area (Å²) in [5.74, 6) is 1.68. The molecule has 2 aromatic carbocycles. The molecule has 0 saturated heterocycles. The van der Waals surface area contributed by atoms with Gasteiger partial charge in [0.05, 0.1) is 24.8 Å². The fraction of sp³-hybridized carbons (Fsp3) is 0.188. The zero-order valence-electron chi connectivity index (χ0n) is 11.6. The molecule has 0 spiro atoms. The molecule has 0 saturated carbocycles. The zero-order valence-corrected chi connectivity index (χ0v) is 13.2. The summed E-state index contributed by atoms with van der Waals surface area (Å²) in [6.07, 6.45) is -0.560. The Bertz CT molecular complexity index is 692. The third-order valence-electron chi connectivity index (χ3n) is 2.90. The molecule has 0 aliphatic rings. The summed E-state index contributed by atoms with van der Waals surface area (Å²) in [6, 6.07) is 12.4. The summed E-state index contributed by atoms with van der Waals surface area (Å²) in [7, 11) is 1.54. The van der Waals surface area contributed by atoms with Gasteiger partial charge >= 0.3 is 0 Å². The number of methoxy groups -OCH3 is 1. The molecule has 2 aromatic rings. The highest BCUT2D eigenvalue weighted by Crippen LogP contribution is 2.31. The summed E-state index contributed by atoms with van der Waals surface area (Å²) >= 11 is 3.40. The summed E-state index contributed by atoms with van der Waals surface area (Å²) < 4.78 is 11.6. The molecule has 0 bridgehead atoms. The number of benzene rings is 2. The largest absolute Gasteiger partial charge is 0.497 e. The van der Waals surface area contributed by atoms with Gasteiger partial charge in [-0.1, -0.05) is 22.0 Å². The Labute approximate surface area is 131 Å². The van der Waals surface area contributed by atoms with E-state index in [1.807, 2.05) is 0 Å². The average molecular weight is 348 g/mol. The van der Waals surface area contributed by atoms with E-state index >= 15 is 0 Å². The number of ether oxygens (including phenoxy) is 2. The SMILES string of the molecule is COc1cc(C#N)cc(Oc2ccc([C@H](C)O)c(Br)c2)c1. The molecule has 108 valence electrons. The van der Waals surface area contributed by atoms with Crippen LogP contribution in [0.4, 0.5) is 0 Å². The maximum Gasteiger partial charge on any atom is 0.132 e. The van der Waals surface area contributed by atoms with Crippen LogP contribution in [0, 0.1) is 11.3 Å². The summed E-state index contributed by atoms with van der Waals surface area (Å²) in [5, 5.41) is 18.6. The first-order valence-corrected chi connectivity index (χ1v) is 7.07. The van der Waals surface area contributed by atoms with Crippen molar-refractivity contribution in [2.24, 2.45) is 0 Å². The van der Waals surface area contributed by atoms with Gasteiger partial charge in [-0.15, -0.1) is 0 Å². The molecule has 0 heterocycles. The van der Waals surface area contributed by atoms with E-state index in [-0.39, 0.29) is 0 Å². The zero-order chi connectivity index (χ0) is 15.4. The topological polar surface area (TPSA) is 62.5 Å². The quantitative estimate of drug-likeness (QED) is 0.901. The Morgan fingerprint density at radius 2 is 1.86 bits per heavy atom. The number of aliphatic hydroxyl groups is 1. The van der Waals surface area contributed by atoms with Gasteiger partial charge in [0.2, 0.25) is 0 Å². The Kier molecular flexibility index (Phi) is 4.84. The molecular formula is C16H14BrNO3. The van der Waals surface area contributed by atoms with E-state index in [0.717, 1.165) is 10.0 Å². The molecule has 0 amide bonds. The molecule has 2 rings (SSSR count). The van der Waals surface area contributed by atoms with Crippen molar-refractivity contribution in [3.8, 4) is 23.3 Å². The minimum atomic E-state index is -0.560. The number of hydrogen-bond donors (Lipinski definition) is 1. The van der Waals surface area contributed by atoms with Crippen LogP contribution in [-0.2, 0) is 0 Å². The van der Waals surface area contributed by atoms with Crippen molar-refractivity contribution in [2.75, 3.05) is 7.11 Å². The number of hydrogen-bond acceptors (Lipinski definition) is 4. The minimum Gasteiger partial charge on any atom is -0.497 e. The van der Waals surface area contributed by atoms with E-state index in [4.69, 9.17) is 14.7 Å². The van der Waals surface area contributed by atoms with Gasteiger partial charge in [-0.05, 0) is 36.8 Å². The predicted octanol–water partition coefficient (Wildman–Crippen LogP) is 4.17. The Morgan fingerprint density at radius 1 is 1.14 bits per heavy atom. The van der Waals surface area contributed by atoms with Crippen molar-refractivity contribution in [1.29, 1.82) is 5.26 Å². The fourth-order valence-corrected chi connectivity index (χ4v) is 2.55. The lowest BCUT2D eigenvalue weighted by Gasteiger charge is -2.11. The first-order valence-electron chi connectivity index (χ1n) is 6.28. The highest BCUT2D eigenvalue weighted by atomic mass is 79.9. The van der Waals surface area contributed by atoms with Crippen LogP contribution in [0.15, 0.2) is 40.9 Å². The molecule has 0 fully saturated rings. The van der Waals surface area contributed by atoms with Crippen molar-refractivity contribution in [3.05, 3.63) is 52.0 Å². The number of nitrogens with zero attached hydrogens (tertiary/aromatic N) is 1. The number of halogens is 1. The molecule has 0 aliphatic heterocycles. The Balaban J connectivity index is 2.30. The lowest BCUT2D eigenvalue weighted by atomic mass is 10.1. The van der Waals surface area contributed by atoms with E-state index in [1.165, 1.54) is 7.11 Å². The highest BCUT2D eigenvalue weighted by Gasteiger charge is 2.09. The van der Waals surface area contributed by atoms with Crippen LogP contribution >= 0.6 is 15.9 Å². The summed E-state index contributed by atoms with van der Waals surface area (Å²) in [4.78, 5) is 0. The van der Waals surface area contributed by atoms with E-state index in [9.17, 15) is 5.11 Å². The van der Waals surface area contributed by atoms with Crippen LogP contribution in [0.2, 0.25) is 0 Å². The van der Waals surface area contributed by atoms with Crippen molar-refractivity contribution in [1.82, 2.24) is 0 Å². The third kappa shape index (κ3) is 3.75. The van der Waals surface area contributed by atoms with E-state index in [0.29, 0.717) is 22.8 Å². The predicted molar refractivity (Wildman–Crippen MR) is 82.6 cm³/mol. The molecule has 4 nitrogen and oxygen atoms in total. The smallest absolute Gasteiger partial charge is 0.132 e. The van der Waals surface area contributed by atoms with Crippen LogP contribution in [0.25, 0.3) is 0 Å². The first kappa shape index (κ1) is 15.4. The number of aliphatic hydroxyl groups excluding tert-OH is 1. The minimum absolute atomic E-state index is 0.462. The standard InChI is InChI=1S/C16H14BrNO3/c1-10(19)15-4-3-12(8-16(15)17)21-14-6-11(9-18)5-13(7-14)20-2/h3-8,10,19H,1-2H3/t10-/m0/s1. The second-order valence-corrected chi connectivity index (χ2v) is 5.32. The molecule has 5 heteroatoms. The van der Waals surface area contributed by atoms with Gasteiger partial charge in [0, 0.05) is 10.5 Å². The Morgan fingerprint density at radius 3 is 2.43 bits per heavy atom. The van der Waals surface area contributed by atoms with Crippen molar-refractivity contribution in [2.45, 2.75) is 13.0 Å². The third-order valence-corrected chi connectivity index (χ3v) is 3.59. The van der Waals surface area contributed by atoms with Crippen molar-refractivity contribution in [3.63, 3.8) is 0 Å². The maximum absolute atomic E-state index is 9.60. The second kappa shape index (κ2) is 6.61. The van der Waals surface area contributed by atoms with Crippen LogP contribution in [-0.4, -0.2) is 12.2 Å². The molecule has 1 N–H and O–H groups in total. The van der Waals surface area contributed by atoms with Gasteiger partial charge in [0.25, 0.3) is 0 Å². The van der Waals surface area contributed by atoms with Gasteiger partial charge < -0.3 is 14.6 Å². The van der Waals surface area contributed by atoms with Crippen LogP contribution in [0.5, 0.6) is 17.2 Å². The summed E-state index contributed by atoms with van der Waals surface area (Å²) in [6.45, 7) is 1.70. The van der Waals surface area contributed by atoms with Crippen LogP contribution < -0.4 is 9.47 Å². The monoisotopic (exact) mass is 347 g/mol. The van der Waals surface area contributed by atoms with E-state index in [2.05, 4.69) is 22.0 Å². The normalized spacial score (nSPS) is 11.6. The van der Waals surface area contributed by atoms with Crippen LogP contribution in [0.3, 0.4) is 0 Å². The molecule has 21 heavy (non-hydrogen) atoms. The van der Waals surface area contributed by atoms with Gasteiger partial charge in [0.1, 0.15) is 17.2 Å². The molecule has 0 unspecified atom stereocenters. The first-order chi connectivity index (χ1) is 10.0. The molecular weight excluding hydrogens is 334 g/mol.